The van der Waals surface area contributed by atoms with E-state index in [1.165, 1.54) is 30.4 Å². The molecule has 1 aliphatic carbocycles. The fourth-order valence-corrected chi connectivity index (χ4v) is 2.89. The standard InChI is InChI=1S/C17H24O2/c1-3-12(2)13-7-9-15(10-8-13)16(11-17(18)19)14-5-4-6-14/h7-10,12,14,16H,3-6,11H2,1-2H3,(H,18,19). The molecule has 2 heteroatoms. The molecule has 1 saturated carbocycles. The largest absolute Gasteiger partial charge is 0.481 e. The third-order valence-corrected chi connectivity index (χ3v) is 4.66. The van der Waals surface area contributed by atoms with E-state index < -0.39 is 5.97 Å². The van der Waals surface area contributed by atoms with Crippen LogP contribution in [0.25, 0.3) is 0 Å². The first-order valence-electron chi connectivity index (χ1n) is 7.43. The zero-order chi connectivity index (χ0) is 13.8. The van der Waals surface area contributed by atoms with Crippen molar-refractivity contribution in [1.82, 2.24) is 0 Å². The summed E-state index contributed by atoms with van der Waals surface area (Å²) in [6.45, 7) is 4.43. The molecular formula is C17H24O2. The van der Waals surface area contributed by atoms with Crippen LogP contribution in [-0.4, -0.2) is 11.1 Å². The van der Waals surface area contributed by atoms with Gasteiger partial charge in [0.05, 0.1) is 6.42 Å². The Balaban J connectivity index is 2.14. The molecule has 0 aromatic heterocycles. The van der Waals surface area contributed by atoms with E-state index >= 15 is 0 Å². The number of carboxylic acids is 1. The summed E-state index contributed by atoms with van der Waals surface area (Å²) >= 11 is 0. The van der Waals surface area contributed by atoms with Gasteiger partial charge in [-0.2, -0.15) is 0 Å². The van der Waals surface area contributed by atoms with Gasteiger partial charge in [0.2, 0.25) is 0 Å². The first-order valence-corrected chi connectivity index (χ1v) is 7.43. The summed E-state index contributed by atoms with van der Waals surface area (Å²) < 4.78 is 0. The Labute approximate surface area is 115 Å². The molecule has 1 aromatic carbocycles. The zero-order valence-corrected chi connectivity index (χ0v) is 11.9. The second kappa shape index (κ2) is 6.23. The van der Waals surface area contributed by atoms with Gasteiger partial charge in [-0.3, -0.25) is 4.79 Å². The van der Waals surface area contributed by atoms with E-state index in [1.807, 2.05) is 0 Å². The van der Waals surface area contributed by atoms with Gasteiger partial charge in [-0.15, -0.1) is 0 Å². The molecule has 19 heavy (non-hydrogen) atoms. The van der Waals surface area contributed by atoms with Gasteiger partial charge in [0.15, 0.2) is 0 Å². The van der Waals surface area contributed by atoms with Crippen molar-refractivity contribution < 1.29 is 9.90 Å². The summed E-state index contributed by atoms with van der Waals surface area (Å²) in [5.74, 6) is 0.682. The molecule has 0 bridgehead atoms. The Kier molecular flexibility index (Phi) is 4.62. The molecule has 0 spiro atoms. The predicted octanol–water partition coefficient (Wildman–Crippen LogP) is 4.56. The molecule has 1 aromatic rings. The highest BCUT2D eigenvalue weighted by molar-refractivity contribution is 5.68. The lowest BCUT2D eigenvalue weighted by Crippen LogP contribution is -2.22. The first-order chi connectivity index (χ1) is 9.11. The highest BCUT2D eigenvalue weighted by Gasteiger charge is 2.30. The SMILES string of the molecule is CCC(C)c1ccc(C(CC(=O)O)C2CCC2)cc1. The summed E-state index contributed by atoms with van der Waals surface area (Å²) in [6.07, 6.45) is 5.04. The van der Waals surface area contributed by atoms with Gasteiger partial charge in [-0.05, 0) is 48.1 Å². The van der Waals surface area contributed by atoms with Crippen molar-refractivity contribution in [3.63, 3.8) is 0 Å². The summed E-state index contributed by atoms with van der Waals surface area (Å²) in [5.41, 5.74) is 2.56. The summed E-state index contributed by atoms with van der Waals surface area (Å²) in [7, 11) is 0. The van der Waals surface area contributed by atoms with Gasteiger partial charge in [0.25, 0.3) is 0 Å². The lowest BCUT2D eigenvalue weighted by molar-refractivity contribution is -0.138. The smallest absolute Gasteiger partial charge is 0.303 e. The van der Waals surface area contributed by atoms with Crippen LogP contribution in [0.15, 0.2) is 24.3 Å². The zero-order valence-electron chi connectivity index (χ0n) is 11.9. The van der Waals surface area contributed by atoms with Crippen LogP contribution in [0.2, 0.25) is 0 Å². The Hall–Kier alpha value is -1.31. The van der Waals surface area contributed by atoms with E-state index in [-0.39, 0.29) is 12.3 Å². The lowest BCUT2D eigenvalue weighted by atomic mass is 9.71. The highest BCUT2D eigenvalue weighted by atomic mass is 16.4. The Morgan fingerprint density at radius 2 is 1.84 bits per heavy atom. The fraction of sp³-hybridized carbons (Fsp3) is 0.588. The minimum Gasteiger partial charge on any atom is -0.481 e. The lowest BCUT2D eigenvalue weighted by Gasteiger charge is -2.33. The maximum atomic E-state index is 11.0. The van der Waals surface area contributed by atoms with Crippen LogP contribution in [0.5, 0.6) is 0 Å². The van der Waals surface area contributed by atoms with E-state index in [9.17, 15) is 4.79 Å². The predicted molar refractivity (Wildman–Crippen MR) is 77.5 cm³/mol. The average Bonchev–Trinajstić information content (AvgIpc) is 2.34. The van der Waals surface area contributed by atoms with Gasteiger partial charge in [0.1, 0.15) is 0 Å². The van der Waals surface area contributed by atoms with Gasteiger partial charge in [-0.1, -0.05) is 44.5 Å². The maximum absolute atomic E-state index is 11.0. The van der Waals surface area contributed by atoms with Gasteiger partial charge < -0.3 is 5.11 Å². The molecule has 0 heterocycles. The Bertz CT molecular complexity index is 417. The molecule has 0 aliphatic heterocycles. The van der Waals surface area contributed by atoms with E-state index in [4.69, 9.17) is 5.11 Å². The summed E-state index contributed by atoms with van der Waals surface area (Å²) in [4.78, 5) is 11.0. The molecular weight excluding hydrogens is 236 g/mol. The molecule has 2 atom stereocenters. The second-order valence-corrected chi connectivity index (χ2v) is 5.87. The van der Waals surface area contributed by atoms with Crippen molar-refractivity contribution in [1.29, 1.82) is 0 Å². The van der Waals surface area contributed by atoms with Crippen molar-refractivity contribution >= 4 is 5.97 Å². The van der Waals surface area contributed by atoms with Crippen molar-refractivity contribution in [3.05, 3.63) is 35.4 Å². The molecule has 0 amide bonds. The van der Waals surface area contributed by atoms with Crippen molar-refractivity contribution in [2.75, 3.05) is 0 Å². The van der Waals surface area contributed by atoms with Crippen LogP contribution < -0.4 is 0 Å². The topological polar surface area (TPSA) is 37.3 Å². The first kappa shape index (κ1) is 14.1. The third-order valence-electron chi connectivity index (χ3n) is 4.66. The van der Waals surface area contributed by atoms with Crippen LogP contribution in [-0.2, 0) is 4.79 Å². The van der Waals surface area contributed by atoms with E-state index in [1.54, 1.807) is 0 Å². The Morgan fingerprint density at radius 3 is 2.26 bits per heavy atom. The molecule has 1 N–H and O–H groups in total. The van der Waals surface area contributed by atoms with Crippen LogP contribution in [0.1, 0.15) is 68.9 Å². The number of benzene rings is 1. The van der Waals surface area contributed by atoms with Crippen molar-refractivity contribution in [3.8, 4) is 0 Å². The fourth-order valence-electron chi connectivity index (χ4n) is 2.89. The number of carboxylic acid groups (broad SMARTS) is 1. The number of rotatable bonds is 6. The van der Waals surface area contributed by atoms with Crippen molar-refractivity contribution in [2.24, 2.45) is 5.92 Å². The molecule has 1 fully saturated rings. The number of aliphatic carboxylic acids is 1. The Morgan fingerprint density at radius 1 is 1.26 bits per heavy atom. The normalized spacial score (nSPS) is 18.6. The number of hydrogen-bond acceptors (Lipinski definition) is 1. The number of hydrogen-bond donors (Lipinski definition) is 1. The molecule has 0 radical (unpaired) electrons. The summed E-state index contributed by atoms with van der Waals surface area (Å²) in [6, 6.07) is 8.65. The van der Waals surface area contributed by atoms with Crippen molar-refractivity contribution in [2.45, 2.75) is 57.8 Å². The molecule has 2 unspecified atom stereocenters. The molecule has 104 valence electrons. The van der Waals surface area contributed by atoms with E-state index in [0.717, 1.165) is 6.42 Å². The molecule has 2 rings (SSSR count). The van der Waals surface area contributed by atoms with E-state index in [0.29, 0.717) is 11.8 Å². The van der Waals surface area contributed by atoms with Gasteiger partial charge in [0, 0.05) is 0 Å². The minimum absolute atomic E-state index is 0.206. The monoisotopic (exact) mass is 260 g/mol. The quantitative estimate of drug-likeness (QED) is 0.814. The molecule has 1 aliphatic rings. The number of carbonyl (C=O) groups is 1. The highest BCUT2D eigenvalue weighted by Crippen LogP contribution is 2.41. The van der Waals surface area contributed by atoms with Crippen LogP contribution in [0.3, 0.4) is 0 Å². The van der Waals surface area contributed by atoms with Gasteiger partial charge >= 0.3 is 5.97 Å². The molecule has 0 saturated heterocycles. The van der Waals surface area contributed by atoms with Crippen LogP contribution in [0, 0.1) is 5.92 Å². The van der Waals surface area contributed by atoms with Crippen LogP contribution in [0.4, 0.5) is 0 Å². The van der Waals surface area contributed by atoms with Gasteiger partial charge in [-0.25, -0.2) is 0 Å². The maximum Gasteiger partial charge on any atom is 0.303 e. The minimum atomic E-state index is -0.678. The van der Waals surface area contributed by atoms with E-state index in [2.05, 4.69) is 38.1 Å². The second-order valence-electron chi connectivity index (χ2n) is 5.87. The molecule has 2 nitrogen and oxygen atoms in total. The average molecular weight is 260 g/mol. The summed E-state index contributed by atoms with van der Waals surface area (Å²) in [5, 5.41) is 9.09. The van der Waals surface area contributed by atoms with Crippen LogP contribution >= 0.6 is 0 Å². The third kappa shape index (κ3) is 3.37.